The summed E-state index contributed by atoms with van der Waals surface area (Å²) in [5, 5.41) is 8.79. The van der Waals surface area contributed by atoms with Gasteiger partial charge in [0.05, 0.1) is 6.54 Å². The Morgan fingerprint density at radius 1 is 1.20 bits per heavy atom. The summed E-state index contributed by atoms with van der Waals surface area (Å²) in [5.74, 6) is -2.08. The van der Waals surface area contributed by atoms with Crippen LogP contribution in [0.3, 0.4) is 0 Å². The first-order chi connectivity index (χ1) is 9.33. The Hall–Kier alpha value is -2.24. The van der Waals surface area contributed by atoms with Crippen molar-refractivity contribution in [3.8, 4) is 0 Å². The molecule has 0 bridgehead atoms. The smallest absolute Gasteiger partial charge is 0.343 e. The minimum atomic E-state index is -2.37. The Morgan fingerprint density at radius 3 is 2.20 bits per heavy atom. The molecular formula is C14H14FNO4. The largest absolute Gasteiger partial charge is 0.479 e. The number of carbonyl (C=O) groups is 3. The second kappa shape index (κ2) is 5.03. The molecule has 1 heterocycles. The van der Waals surface area contributed by atoms with Crippen molar-refractivity contribution < 1.29 is 23.9 Å². The second-order valence-electron chi connectivity index (χ2n) is 4.88. The van der Waals surface area contributed by atoms with Crippen molar-refractivity contribution in [3.05, 3.63) is 35.4 Å². The number of rotatable bonds is 3. The molecule has 1 aliphatic rings. The molecule has 0 radical (unpaired) electrons. The molecule has 1 amide bonds. The van der Waals surface area contributed by atoms with Crippen LogP contribution in [0, 0.1) is 0 Å². The van der Waals surface area contributed by atoms with E-state index in [9.17, 15) is 18.8 Å². The Labute approximate surface area is 115 Å². The van der Waals surface area contributed by atoms with Crippen LogP contribution in [0.1, 0.15) is 34.1 Å². The Morgan fingerprint density at radius 2 is 1.75 bits per heavy atom. The summed E-state index contributed by atoms with van der Waals surface area (Å²) < 4.78 is 13.9. The molecule has 1 aromatic rings. The third-order valence-electron chi connectivity index (χ3n) is 3.43. The molecule has 1 aromatic carbocycles. The normalized spacial score (nSPS) is 21.8. The number of ketones is 1. The van der Waals surface area contributed by atoms with E-state index in [1.54, 1.807) is 0 Å². The van der Waals surface area contributed by atoms with Crippen LogP contribution >= 0.6 is 0 Å². The number of carboxylic acid groups (broad SMARTS) is 1. The first-order valence-electron chi connectivity index (χ1n) is 6.16. The van der Waals surface area contributed by atoms with Gasteiger partial charge in [-0.3, -0.25) is 9.59 Å². The van der Waals surface area contributed by atoms with E-state index in [1.165, 1.54) is 36.1 Å². The SMILES string of the molecule is CC(=O)c1ccc(C(=O)N2CCC(F)(C(=O)O)C2)cc1. The third kappa shape index (κ3) is 2.54. The number of carboxylic acids is 1. The summed E-state index contributed by atoms with van der Waals surface area (Å²) >= 11 is 0. The van der Waals surface area contributed by atoms with E-state index in [-0.39, 0.29) is 18.7 Å². The summed E-state index contributed by atoms with van der Waals surface area (Å²) in [5.41, 5.74) is -1.58. The fourth-order valence-corrected chi connectivity index (χ4v) is 2.15. The van der Waals surface area contributed by atoms with Crippen LogP contribution in [0.15, 0.2) is 24.3 Å². The summed E-state index contributed by atoms with van der Waals surface area (Å²) in [4.78, 5) is 35.2. The standard InChI is InChI=1S/C14H14FNO4/c1-9(17)10-2-4-11(5-3-10)12(18)16-7-6-14(15,8-16)13(19)20/h2-5H,6-8H2,1H3,(H,19,20). The zero-order chi connectivity index (χ0) is 14.9. The molecule has 1 saturated heterocycles. The molecule has 0 spiro atoms. The molecule has 0 aliphatic carbocycles. The highest BCUT2D eigenvalue weighted by Crippen LogP contribution is 2.27. The minimum Gasteiger partial charge on any atom is -0.479 e. The number of hydrogen-bond acceptors (Lipinski definition) is 3. The molecule has 2 rings (SSSR count). The average Bonchev–Trinajstić information content (AvgIpc) is 2.82. The molecular weight excluding hydrogens is 265 g/mol. The van der Waals surface area contributed by atoms with E-state index in [0.717, 1.165) is 0 Å². The summed E-state index contributed by atoms with van der Waals surface area (Å²) in [6.07, 6.45) is -0.209. The molecule has 6 heteroatoms. The van der Waals surface area contributed by atoms with Crippen molar-refractivity contribution in [2.45, 2.75) is 19.0 Å². The van der Waals surface area contributed by atoms with Gasteiger partial charge in [-0.05, 0) is 19.1 Å². The van der Waals surface area contributed by atoms with Crippen LogP contribution in [0.5, 0.6) is 0 Å². The first kappa shape index (κ1) is 14.2. The lowest BCUT2D eigenvalue weighted by atomic mass is 10.1. The molecule has 1 unspecified atom stereocenters. The predicted molar refractivity (Wildman–Crippen MR) is 68.4 cm³/mol. The van der Waals surface area contributed by atoms with Crippen LogP contribution in [-0.2, 0) is 4.79 Å². The fourth-order valence-electron chi connectivity index (χ4n) is 2.15. The number of alkyl halides is 1. The Kier molecular flexibility index (Phi) is 3.57. The summed E-state index contributed by atoms with van der Waals surface area (Å²) in [6.45, 7) is 1.04. The van der Waals surface area contributed by atoms with E-state index < -0.39 is 24.1 Å². The van der Waals surface area contributed by atoms with Crippen molar-refractivity contribution >= 4 is 17.7 Å². The van der Waals surface area contributed by atoms with E-state index in [4.69, 9.17) is 5.11 Å². The van der Waals surface area contributed by atoms with Gasteiger partial charge >= 0.3 is 5.97 Å². The van der Waals surface area contributed by atoms with Crippen LogP contribution in [0.2, 0.25) is 0 Å². The van der Waals surface area contributed by atoms with Gasteiger partial charge in [0.1, 0.15) is 0 Å². The van der Waals surface area contributed by atoms with Crippen molar-refractivity contribution in [1.29, 1.82) is 0 Å². The fraction of sp³-hybridized carbons (Fsp3) is 0.357. The molecule has 1 atom stereocenters. The molecule has 1 N–H and O–H groups in total. The van der Waals surface area contributed by atoms with Crippen LogP contribution in [0.4, 0.5) is 4.39 Å². The maximum Gasteiger partial charge on any atom is 0.343 e. The van der Waals surface area contributed by atoms with Gasteiger partial charge in [-0.2, -0.15) is 0 Å². The van der Waals surface area contributed by atoms with Gasteiger partial charge in [-0.15, -0.1) is 0 Å². The lowest BCUT2D eigenvalue weighted by molar-refractivity contribution is -0.149. The predicted octanol–water partition coefficient (Wildman–Crippen LogP) is 1.53. The van der Waals surface area contributed by atoms with E-state index in [0.29, 0.717) is 11.1 Å². The number of Topliss-reactive ketones (excluding diaryl/α,β-unsaturated/α-hetero) is 1. The molecule has 1 aliphatic heterocycles. The van der Waals surface area contributed by atoms with Gasteiger partial charge in [0, 0.05) is 24.1 Å². The number of hydrogen-bond donors (Lipinski definition) is 1. The average molecular weight is 279 g/mol. The van der Waals surface area contributed by atoms with Gasteiger partial charge in [0.15, 0.2) is 5.78 Å². The highest BCUT2D eigenvalue weighted by atomic mass is 19.1. The second-order valence-corrected chi connectivity index (χ2v) is 4.88. The number of amides is 1. The lowest BCUT2D eigenvalue weighted by Gasteiger charge is -2.17. The maximum atomic E-state index is 13.9. The van der Waals surface area contributed by atoms with Crippen molar-refractivity contribution in [3.63, 3.8) is 0 Å². The van der Waals surface area contributed by atoms with Crippen LogP contribution in [-0.4, -0.2) is 46.4 Å². The van der Waals surface area contributed by atoms with Gasteiger partial charge in [-0.25, -0.2) is 9.18 Å². The minimum absolute atomic E-state index is 0.0656. The van der Waals surface area contributed by atoms with E-state index >= 15 is 0 Å². The van der Waals surface area contributed by atoms with Crippen LogP contribution in [0.25, 0.3) is 0 Å². The van der Waals surface area contributed by atoms with E-state index in [1.807, 2.05) is 0 Å². The number of likely N-dealkylation sites (tertiary alicyclic amines) is 1. The molecule has 1 fully saturated rings. The van der Waals surface area contributed by atoms with Crippen molar-refractivity contribution in [1.82, 2.24) is 4.90 Å². The number of carbonyl (C=O) groups excluding carboxylic acids is 2. The lowest BCUT2D eigenvalue weighted by Crippen LogP contribution is -2.38. The quantitative estimate of drug-likeness (QED) is 0.851. The highest BCUT2D eigenvalue weighted by Gasteiger charge is 2.46. The molecule has 0 aromatic heterocycles. The van der Waals surface area contributed by atoms with Crippen molar-refractivity contribution in [2.75, 3.05) is 13.1 Å². The monoisotopic (exact) mass is 279 g/mol. The molecule has 0 saturated carbocycles. The highest BCUT2D eigenvalue weighted by molar-refractivity contribution is 5.98. The Bertz CT molecular complexity index is 569. The number of halogens is 1. The third-order valence-corrected chi connectivity index (χ3v) is 3.43. The zero-order valence-corrected chi connectivity index (χ0v) is 10.9. The summed E-state index contributed by atoms with van der Waals surface area (Å²) in [6, 6.07) is 6.01. The van der Waals surface area contributed by atoms with E-state index in [2.05, 4.69) is 0 Å². The number of nitrogens with zero attached hydrogens (tertiary/aromatic N) is 1. The van der Waals surface area contributed by atoms with Gasteiger partial charge in [0.25, 0.3) is 5.91 Å². The maximum absolute atomic E-state index is 13.9. The topological polar surface area (TPSA) is 74.7 Å². The van der Waals surface area contributed by atoms with Crippen molar-refractivity contribution in [2.24, 2.45) is 0 Å². The molecule has 5 nitrogen and oxygen atoms in total. The van der Waals surface area contributed by atoms with Gasteiger partial charge in [0.2, 0.25) is 5.67 Å². The number of aliphatic carboxylic acids is 1. The Balaban J connectivity index is 2.13. The van der Waals surface area contributed by atoms with Gasteiger partial charge < -0.3 is 10.0 Å². The first-order valence-corrected chi connectivity index (χ1v) is 6.16. The summed E-state index contributed by atoms with van der Waals surface area (Å²) in [7, 11) is 0. The van der Waals surface area contributed by atoms with Gasteiger partial charge in [-0.1, -0.05) is 12.1 Å². The number of benzene rings is 1. The molecule has 106 valence electrons. The zero-order valence-electron chi connectivity index (χ0n) is 10.9. The van der Waals surface area contributed by atoms with Crippen LogP contribution < -0.4 is 0 Å². The molecule has 20 heavy (non-hydrogen) atoms.